The molecule has 0 radical (unpaired) electrons. The van der Waals surface area contributed by atoms with Crippen LogP contribution in [-0.2, 0) is 6.42 Å². The van der Waals surface area contributed by atoms with Gasteiger partial charge in [0, 0.05) is 11.4 Å². The van der Waals surface area contributed by atoms with Gasteiger partial charge < -0.3 is 10.3 Å². The van der Waals surface area contributed by atoms with E-state index in [2.05, 4.69) is 17.1 Å². The number of nitrogens with two attached hydrogens (primary N) is 1. The Labute approximate surface area is 105 Å². The highest BCUT2D eigenvalue weighted by Gasteiger charge is 2.18. The summed E-state index contributed by atoms with van der Waals surface area (Å²) in [5.41, 5.74) is 6.84. The van der Waals surface area contributed by atoms with Crippen molar-refractivity contribution in [1.82, 2.24) is 10.1 Å². The zero-order chi connectivity index (χ0) is 12.3. The summed E-state index contributed by atoms with van der Waals surface area (Å²) in [6.07, 6.45) is 1.76. The molecule has 2 rings (SSSR count). The van der Waals surface area contributed by atoms with Crippen LogP contribution in [0.5, 0.6) is 0 Å². The fourth-order valence-electron chi connectivity index (χ4n) is 1.58. The van der Waals surface area contributed by atoms with E-state index in [-0.39, 0.29) is 0 Å². The summed E-state index contributed by atoms with van der Waals surface area (Å²) < 4.78 is 5.14. The van der Waals surface area contributed by atoms with Gasteiger partial charge in [-0.3, -0.25) is 0 Å². The third-order valence-corrected chi connectivity index (χ3v) is 2.81. The minimum absolute atomic E-state index is 0.404. The van der Waals surface area contributed by atoms with E-state index in [1.54, 1.807) is 6.07 Å². The first-order valence-electron chi connectivity index (χ1n) is 5.55. The number of halogens is 1. The number of aromatic nitrogens is 2. The molecular formula is C12H14ClN3O. The van der Waals surface area contributed by atoms with Crippen molar-refractivity contribution in [2.45, 2.75) is 25.8 Å². The standard InChI is InChI=1S/C12H14ClN3O/c1-2-5-10-15-12(17-16-10)11(14)8-6-3-4-7-9(8)13/h3-4,6-7,11H,2,5,14H2,1H3/t11-/m1/s1. The maximum atomic E-state index is 6.07. The summed E-state index contributed by atoms with van der Waals surface area (Å²) in [6, 6.07) is 6.91. The lowest BCUT2D eigenvalue weighted by molar-refractivity contribution is 0.362. The van der Waals surface area contributed by atoms with Crippen LogP contribution in [0, 0.1) is 0 Å². The van der Waals surface area contributed by atoms with E-state index in [0.29, 0.717) is 16.7 Å². The monoisotopic (exact) mass is 251 g/mol. The number of hydrogen-bond donors (Lipinski definition) is 1. The molecule has 1 heterocycles. The first-order valence-corrected chi connectivity index (χ1v) is 5.92. The normalized spacial score (nSPS) is 12.6. The van der Waals surface area contributed by atoms with Gasteiger partial charge in [0.15, 0.2) is 5.82 Å². The van der Waals surface area contributed by atoms with Crippen LogP contribution in [0.1, 0.15) is 36.7 Å². The van der Waals surface area contributed by atoms with Crippen molar-refractivity contribution >= 4 is 11.6 Å². The van der Waals surface area contributed by atoms with Crippen molar-refractivity contribution in [3.8, 4) is 0 Å². The molecule has 1 aromatic heterocycles. The predicted octanol–water partition coefficient (Wildman–Crippen LogP) is 2.72. The van der Waals surface area contributed by atoms with Crippen molar-refractivity contribution in [2.75, 3.05) is 0 Å². The fourth-order valence-corrected chi connectivity index (χ4v) is 1.83. The smallest absolute Gasteiger partial charge is 0.248 e. The lowest BCUT2D eigenvalue weighted by Crippen LogP contribution is -2.12. The molecule has 0 amide bonds. The molecule has 17 heavy (non-hydrogen) atoms. The fraction of sp³-hybridized carbons (Fsp3) is 0.333. The predicted molar refractivity (Wildman–Crippen MR) is 65.8 cm³/mol. The lowest BCUT2D eigenvalue weighted by Gasteiger charge is -2.08. The summed E-state index contributed by atoms with van der Waals surface area (Å²) in [7, 11) is 0. The van der Waals surface area contributed by atoms with Gasteiger partial charge in [0.05, 0.1) is 0 Å². The molecule has 90 valence electrons. The molecule has 0 fully saturated rings. The molecule has 0 spiro atoms. The van der Waals surface area contributed by atoms with Gasteiger partial charge in [0.2, 0.25) is 5.89 Å². The molecule has 2 N–H and O–H groups in total. The van der Waals surface area contributed by atoms with Crippen LogP contribution in [-0.4, -0.2) is 10.1 Å². The van der Waals surface area contributed by atoms with E-state index in [1.807, 2.05) is 18.2 Å². The highest BCUT2D eigenvalue weighted by Crippen LogP contribution is 2.25. The minimum Gasteiger partial charge on any atom is -0.337 e. The Morgan fingerprint density at radius 2 is 2.18 bits per heavy atom. The van der Waals surface area contributed by atoms with Gasteiger partial charge in [-0.15, -0.1) is 0 Å². The number of rotatable bonds is 4. The van der Waals surface area contributed by atoms with Crippen LogP contribution in [0.15, 0.2) is 28.8 Å². The van der Waals surface area contributed by atoms with E-state index in [0.717, 1.165) is 18.4 Å². The highest BCUT2D eigenvalue weighted by molar-refractivity contribution is 6.31. The van der Waals surface area contributed by atoms with Gasteiger partial charge in [-0.1, -0.05) is 41.9 Å². The van der Waals surface area contributed by atoms with Gasteiger partial charge in [0.1, 0.15) is 6.04 Å². The first-order chi connectivity index (χ1) is 8.22. The summed E-state index contributed by atoms with van der Waals surface area (Å²) in [5.74, 6) is 1.09. The molecule has 1 aromatic carbocycles. The van der Waals surface area contributed by atoms with Gasteiger partial charge in [-0.25, -0.2) is 0 Å². The van der Waals surface area contributed by atoms with Crippen molar-refractivity contribution < 1.29 is 4.52 Å². The zero-order valence-electron chi connectivity index (χ0n) is 9.56. The van der Waals surface area contributed by atoms with Gasteiger partial charge in [0.25, 0.3) is 0 Å². The quantitative estimate of drug-likeness (QED) is 0.907. The molecule has 0 aliphatic carbocycles. The molecule has 0 bridgehead atoms. The minimum atomic E-state index is -0.471. The maximum Gasteiger partial charge on any atom is 0.248 e. The molecule has 0 aliphatic heterocycles. The topological polar surface area (TPSA) is 64.9 Å². The van der Waals surface area contributed by atoms with Gasteiger partial charge in [-0.2, -0.15) is 4.98 Å². The summed E-state index contributed by atoms with van der Waals surface area (Å²) in [5, 5.41) is 4.48. The molecular weight excluding hydrogens is 238 g/mol. The Morgan fingerprint density at radius 1 is 1.41 bits per heavy atom. The molecule has 4 nitrogen and oxygen atoms in total. The van der Waals surface area contributed by atoms with Crippen molar-refractivity contribution in [1.29, 1.82) is 0 Å². The average molecular weight is 252 g/mol. The van der Waals surface area contributed by atoms with Crippen molar-refractivity contribution in [3.05, 3.63) is 46.6 Å². The second-order valence-electron chi connectivity index (χ2n) is 3.80. The van der Waals surface area contributed by atoms with Crippen LogP contribution in [0.2, 0.25) is 5.02 Å². The molecule has 1 atom stereocenters. The molecule has 0 saturated heterocycles. The van der Waals surface area contributed by atoms with Crippen LogP contribution >= 0.6 is 11.6 Å². The molecule has 5 heteroatoms. The molecule has 2 aromatic rings. The number of nitrogens with zero attached hydrogens (tertiary/aromatic N) is 2. The van der Waals surface area contributed by atoms with Gasteiger partial charge in [-0.05, 0) is 18.1 Å². The number of aryl methyl sites for hydroxylation is 1. The van der Waals surface area contributed by atoms with Crippen molar-refractivity contribution in [2.24, 2.45) is 5.73 Å². The Bertz CT molecular complexity index is 498. The second-order valence-corrected chi connectivity index (χ2v) is 4.21. The highest BCUT2D eigenvalue weighted by atomic mass is 35.5. The van der Waals surface area contributed by atoms with Crippen LogP contribution in [0.3, 0.4) is 0 Å². The van der Waals surface area contributed by atoms with E-state index >= 15 is 0 Å². The Hall–Kier alpha value is -1.39. The van der Waals surface area contributed by atoms with E-state index in [9.17, 15) is 0 Å². The van der Waals surface area contributed by atoms with Crippen LogP contribution in [0.25, 0.3) is 0 Å². The van der Waals surface area contributed by atoms with Gasteiger partial charge >= 0.3 is 0 Å². The third kappa shape index (κ3) is 2.65. The Kier molecular flexibility index (Phi) is 3.76. The largest absolute Gasteiger partial charge is 0.337 e. The number of benzene rings is 1. The SMILES string of the molecule is CCCc1noc([C@H](N)c2ccccc2Cl)n1. The summed E-state index contributed by atoms with van der Waals surface area (Å²) in [6.45, 7) is 2.06. The third-order valence-electron chi connectivity index (χ3n) is 2.46. The van der Waals surface area contributed by atoms with Crippen LogP contribution in [0.4, 0.5) is 0 Å². The zero-order valence-corrected chi connectivity index (χ0v) is 10.3. The molecule has 0 aliphatic rings. The summed E-state index contributed by atoms with van der Waals surface area (Å²) in [4.78, 5) is 4.26. The molecule has 0 unspecified atom stereocenters. The lowest BCUT2D eigenvalue weighted by atomic mass is 10.1. The van der Waals surface area contributed by atoms with Crippen molar-refractivity contribution in [3.63, 3.8) is 0 Å². The summed E-state index contributed by atoms with van der Waals surface area (Å²) >= 11 is 6.07. The maximum absolute atomic E-state index is 6.07. The van der Waals surface area contributed by atoms with Crippen LogP contribution < -0.4 is 5.73 Å². The Balaban J connectivity index is 2.24. The number of hydrogen-bond acceptors (Lipinski definition) is 4. The second kappa shape index (κ2) is 5.29. The first kappa shape index (κ1) is 12.1. The van der Waals surface area contributed by atoms with E-state index in [4.69, 9.17) is 21.9 Å². The van der Waals surface area contributed by atoms with E-state index < -0.39 is 6.04 Å². The Morgan fingerprint density at radius 3 is 2.88 bits per heavy atom. The molecule has 0 saturated carbocycles. The average Bonchev–Trinajstić information content (AvgIpc) is 2.78. The van der Waals surface area contributed by atoms with E-state index in [1.165, 1.54) is 0 Å².